The van der Waals surface area contributed by atoms with Crippen LogP contribution in [0.5, 0.6) is 0 Å². The molecule has 3 rings (SSSR count). The number of carbonyl (C=O) groups is 3. The lowest BCUT2D eigenvalue weighted by Gasteiger charge is -2.17. The van der Waals surface area contributed by atoms with E-state index in [0.717, 1.165) is 49.9 Å². The van der Waals surface area contributed by atoms with Crippen LogP contribution in [0.4, 0.5) is 16.2 Å². The van der Waals surface area contributed by atoms with Crippen molar-refractivity contribution in [3.63, 3.8) is 0 Å². The summed E-state index contributed by atoms with van der Waals surface area (Å²) in [5.74, 6) is -0.162. The summed E-state index contributed by atoms with van der Waals surface area (Å²) in [6.45, 7) is 1.70. The quantitative estimate of drug-likeness (QED) is 0.628. The van der Waals surface area contributed by atoms with E-state index in [-0.39, 0.29) is 23.8 Å². The molecule has 0 saturated heterocycles. The van der Waals surface area contributed by atoms with Gasteiger partial charge in [-0.25, -0.2) is 4.79 Å². The topological polar surface area (TPSA) is 99.3 Å². The number of imide groups is 1. The summed E-state index contributed by atoms with van der Waals surface area (Å²) in [5.41, 5.74) is 1.48. The Morgan fingerprint density at radius 3 is 2.19 bits per heavy atom. The number of urea groups is 1. The van der Waals surface area contributed by atoms with Gasteiger partial charge in [0.15, 0.2) is 0 Å². The summed E-state index contributed by atoms with van der Waals surface area (Å²) in [4.78, 5) is 35.7. The Labute approximate surface area is 153 Å². The molecule has 0 aliphatic heterocycles. The number of rotatable bonds is 6. The van der Waals surface area contributed by atoms with E-state index in [1.807, 2.05) is 0 Å². The van der Waals surface area contributed by atoms with Gasteiger partial charge < -0.3 is 16.0 Å². The van der Waals surface area contributed by atoms with Crippen LogP contribution in [0, 0.1) is 5.92 Å². The van der Waals surface area contributed by atoms with E-state index in [9.17, 15) is 14.4 Å². The molecule has 26 heavy (non-hydrogen) atoms. The number of amides is 4. The highest BCUT2D eigenvalue weighted by molar-refractivity contribution is 5.98. The number of anilines is 2. The van der Waals surface area contributed by atoms with Gasteiger partial charge in [-0.3, -0.25) is 14.9 Å². The van der Waals surface area contributed by atoms with E-state index in [4.69, 9.17) is 0 Å². The molecule has 0 aromatic heterocycles. The van der Waals surface area contributed by atoms with Crippen LogP contribution in [-0.4, -0.2) is 29.9 Å². The van der Waals surface area contributed by atoms with Crippen molar-refractivity contribution in [2.45, 2.75) is 57.5 Å². The number of hydrogen-bond donors (Lipinski definition) is 4. The maximum Gasteiger partial charge on any atom is 0.321 e. The SMILES string of the molecule is CC(Nc1ccc(NC(=O)C2CC2)cc1)C(=O)NC(=O)NC1CCCC1. The number of carbonyl (C=O) groups excluding carboxylic acids is 3. The van der Waals surface area contributed by atoms with Crippen molar-refractivity contribution < 1.29 is 14.4 Å². The molecule has 2 saturated carbocycles. The maximum atomic E-state index is 12.1. The van der Waals surface area contributed by atoms with E-state index in [1.54, 1.807) is 31.2 Å². The van der Waals surface area contributed by atoms with Gasteiger partial charge in [-0.2, -0.15) is 0 Å². The standard InChI is InChI=1S/C19H26N4O3/c1-12(17(24)23-19(26)22-14-4-2-3-5-14)20-15-8-10-16(11-9-15)21-18(25)13-6-7-13/h8-14,20H,2-7H2,1H3,(H,21,25)(H2,22,23,24,26). The smallest absolute Gasteiger partial charge is 0.321 e. The zero-order chi connectivity index (χ0) is 18.5. The fourth-order valence-corrected chi connectivity index (χ4v) is 3.07. The molecule has 4 amide bonds. The molecular formula is C19H26N4O3. The highest BCUT2D eigenvalue weighted by Crippen LogP contribution is 2.30. The second-order valence-electron chi connectivity index (χ2n) is 7.15. The molecule has 7 nitrogen and oxygen atoms in total. The fourth-order valence-electron chi connectivity index (χ4n) is 3.07. The van der Waals surface area contributed by atoms with Crippen LogP contribution >= 0.6 is 0 Å². The molecule has 1 aromatic rings. The third-order valence-corrected chi connectivity index (χ3v) is 4.80. The first kappa shape index (κ1) is 18.2. The molecule has 1 atom stereocenters. The van der Waals surface area contributed by atoms with Crippen LogP contribution in [-0.2, 0) is 9.59 Å². The van der Waals surface area contributed by atoms with Crippen molar-refractivity contribution in [3.05, 3.63) is 24.3 Å². The summed E-state index contributed by atoms with van der Waals surface area (Å²) >= 11 is 0. The Balaban J connectivity index is 1.43. The molecule has 7 heteroatoms. The molecule has 2 aliphatic carbocycles. The summed E-state index contributed by atoms with van der Waals surface area (Å²) in [6.07, 6.45) is 6.11. The zero-order valence-corrected chi connectivity index (χ0v) is 15.0. The summed E-state index contributed by atoms with van der Waals surface area (Å²) in [6, 6.07) is 6.35. The molecule has 0 heterocycles. The lowest BCUT2D eigenvalue weighted by molar-refractivity contribution is -0.120. The Morgan fingerprint density at radius 1 is 0.962 bits per heavy atom. The van der Waals surface area contributed by atoms with Gasteiger partial charge in [-0.1, -0.05) is 12.8 Å². The van der Waals surface area contributed by atoms with Crippen molar-refractivity contribution in [2.75, 3.05) is 10.6 Å². The summed E-state index contributed by atoms with van der Waals surface area (Å²) < 4.78 is 0. The minimum absolute atomic E-state index is 0.0618. The van der Waals surface area contributed by atoms with Gasteiger partial charge in [0.25, 0.3) is 0 Å². The third kappa shape index (κ3) is 5.21. The van der Waals surface area contributed by atoms with Crippen LogP contribution in [0.3, 0.4) is 0 Å². The van der Waals surface area contributed by atoms with E-state index >= 15 is 0 Å². The normalized spacial score (nSPS) is 18.0. The van der Waals surface area contributed by atoms with Gasteiger partial charge in [0.05, 0.1) is 0 Å². The van der Waals surface area contributed by atoms with E-state index < -0.39 is 12.1 Å². The monoisotopic (exact) mass is 358 g/mol. The zero-order valence-electron chi connectivity index (χ0n) is 15.0. The molecule has 2 fully saturated rings. The fraction of sp³-hybridized carbons (Fsp3) is 0.526. The minimum atomic E-state index is -0.559. The molecule has 0 bridgehead atoms. The maximum absolute atomic E-state index is 12.1. The van der Waals surface area contributed by atoms with E-state index in [1.165, 1.54) is 0 Å². The summed E-state index contributed by atoms with van der Waals surface area (Å²) in [5, 5.41) is 11.1. The predicted octanol–water partition coefficient (Wildman–Crippen LogP) is 2.60. The van der Waals surface area contributed by atoms with Crippen LogP contribution in [0.2, 0.25) is 0 Å². The van der Waals surface area contributed by atoms with Gasteiger partial charge in [-0.05, 0) is 56.9 Å². The van der Waals surface area contributed by atoms with Crippen molar-refractivity contribution in [3.8, 4) is 0 Å². The van der Waals surface area contributed by atoms with E-state index in [0.29, 0.717) is 0 Å². The van der Waals surface area contributed by atoms with Crippen LogP contribution in [0.25, 0.3) is 0 Å². The largest absolute Gasteiger partial charge is 0.374 e. The molecule has 140 valence electrons. The van der Waals surface area contributed by atoms with Gasteiger partial charge in [0.1, 0.15) is 6.04 Å². The molecule has 1 aromatic carbocycles. The van der Waals surface area contributed by atoms with Gasteiger partial charge in [-0.15, -0.1) is 0 Å². The second kappa shape index (κ2) is 8.21. The van der Waals surface area contributed by atoms with Gasteiger partial charge >= 0.3 is 6.03 Å². The highest BCUT2D eigenvalue weighted by atomic mass is 16.2. The molecular weight excluding hydrogens is 332 g/mol. The van der Waals surface area contributed by atoms with Crippen molar-refractivity contribution >= 4 is 29.2 Å². The molecule has 4 N–H and O–H groups in total. The first-order valence-corrected chi connectivity index (χ1v) is 9.30. The number of nitrogens with one attached hydrogen (secondary N) is 4. The van der Waals surface area contributed by atoms with Crippen molar-refractivity contribution in [2.24, 2.45) is 5.92 Å². The van der Waals surface area contributed by atoms with Crippen molar-refractivity contribution in [1.82, 2.24) is 10.6 Å². The van der Waals surface area contributed by atoms with Gasteiger partial charge in [0, 0.05) is 23.3 Å². The van der Waals surface area contributed by atoms with Crippen LogP contribution < -0.4 is 21.3 Å². The first-order valence-electron chi connectivity index (χ1n) is 9.30. The second-order valence-corrected chi connectivity index (χ2v) is 7.15. The first-order chi connectivity index (χ1) is 12.5. The Kier molecular flexibility index (Phi) is 5.75. The number of hydrogen-bond acceptors (Lipinski definition) is 4. The molecule has 0 spiro atoms. The highest BCUT2D eigenvalue weighted by Gasteiger charge is 2.29. The van der Waals surface area contributed by atoms with E-state index in [2.05, 4.69) is 21.3 Å². The molecule has 2 aliphatic rings. The summed E-state index contributed by atoms with van der Waals surface area (Å²) in [7, 11) is 0. The lowest BCUT2D eigenvalue weighted by Crippen LogP contribution is -2.48. The number of benzene rings is 1. The third-order valence-electron chi connectivity index (χ3n) is 4.80. The average molecular weight is 358 g/mol. The minimum Gasteiger partial charge on any atom is -0.374 e. The Bertz CT molecular complexity index is 664. The van der Waals surface area contributed by atoms with Crippen LogP contribution in [0.1, 0.15) is 45.4 Å². The molecule has 1 unspecified atom stereocenters. The Hall–Kier alpha value is -2.57. The Morgan fingerprint density at radius 2 is 1.58 bits per heavy atom. The van der Waals surface area contributed by atoms with Gasteiger partial charge in [0.2, 0.25) is 11.8 Å². The molecule has 0 radical (unpaired) electrons. The lowest BCUT2D eigenvalue weighted by atomic mass is 10.2. The average Bonchev–Trinajstić information content (AvgIpc) is 3.35. The van der Waals surface area contributed by atoms with Crippen molar-refractivity contribution in [1.29, 1.82) is 0 Å². The van der Waals surface area contributed by atoms with Crippen LogP contribution in [0.15, 0.2) is 24.3 Å². The predicted molar refractivity (Wildman–Crippen MR) is 99.8 cm³/mol.